The molecule has 6 aliphatic heterocycles. The second-order valence-corrected chi connectivity index (χ2v) is 30.2. The predicted octanol–water partition coefficient (Wildman–Crippen LogP) is 8.18. The standard InChI is InChI=1S/C88H95N9O13/c1-11-96-71-47-75-69(45-65(71)53(3)49-87(96,5)6)82(70-46-66-54(4)50-88(7,8)97(12-2)72(66)48-76(70)110-75)68-42-58(26-30-62(68)86(106)107)84(103)91-52-56-23-21-55(22-24-56)51-90-83(102)57-25-29-61(85(104)105)67(41-57)81-63-31-27-59(92-33-37-94(38-34-92)78(99)18-14-13-17-77(98)89-9)43-73(63)109-74-44-60(28-32-64(74)81)93-35-39-95(40-36-93)79(100)19-15-16-20-80(101)108-10/h21-32,41-50H,11-20,33-40,51-52H2,1-10H3,(H3-2,89,90,91,98,102,103,104,105,106,107). The van der Waals surface area contributed by atoms with Crippen molar-refractivity contribution < 1.29 is 62.5 Å². The van der Waals surface area contributed by atoms with Crippen molar-refractivity contribution >= 4 is 86.5 Å². The topological polar surface area (TPSA) is 269 Å². The van der Waals surface area contributed by atoms with Gasteiger partial charge in [0, 0.05) is 188 Å². The second kappa shape index (κ2) is 31.9. The summed E-state index contributed by atoms with van der Waals surface area (Å²) in [6, 6.07) is 36.1. The van der Waals surface area contributed by atoms with Crippen molar-refractivity contribution in [2.75, 3.05) is 89.4 Å². The highest BCUT2D eigenvalue weighted by Crippen LogP contribution is 2.48. The highest BCUT2D eigenvalue weighted by atomic mass is 16.5. The van der Waals surface area contributed by atoms with Crippen LogP contribution < -0.4 is 65.8 Å². The fourth-order valence-corrected chi connectivity index (χ4v) is 16.6. The number of carboxylic acid groups (broad SMARTS) is 2. The summed E-state index contributed by atoms with van der Waals surface area (Å²) in [4.78, 5) is 114. The highest BCUT2D eigenvalue weighted by Gasteiger charge is 2.38. The van der Waals surface area contributed by atoms with Crippen LogP contribution in [-0.2, 0) is 37.0 Å². The van der Waals surface area contributed by atoms with Crippen LogP contribution in [0.15, 0.2) is 138 Å². The van der Waals surface area contributed by atoms with Gasteiger partial charge in [0.15, 0.2) is 18.6 Å². The van der Waals surface area contributed by atoms with E-state index in [9.17, 15) is 48.6 Å². The molecule has 110 heavy (non-hydrogen) atoms. The number of unbranched alkanes of at least 4 members (excludes halogenated alkanes) is 2. The maximum atomic E-state index is 14.5. The van der Waals surface area contributed by atoms with E-state index in [-0.39, 0.29) is 82.1 Å². The lowest BCUT2D eigenvalue weighted by Crippen LogP contribution is -2.50. The molecule has 1 aliphatic carbocycles. The van der Waals surface area contributed by atoms with Crippen molar-refractivity contribution in [1.82, 2.24) is 34.9 Å². The van der Waals surface area contributed by atoms with E-state index in [1.54, 1.807) is 19.2 Å². The minimum Gasteiger partial charge on any atom is -0.545 e. The van der Waals surface area contributed by atoms with Gasteiger partial charge in [0.1, 0.15) is 29.4 Å². The number of aromatic carboxylic acids is 2. The summed E-state index contributed by atoms with van der Waals surface area (Å²) in [6.45, 7) is 22.9. The number of benzene rings is 7. The van der Waals surface area contributed by atoms with Gasteiger partial charge in [0.05, 0.1) is 49.8 Å². The molecule has 570 valence electrons. The Morgan fingerprint density at radius 3 is 1.79 bits per heavy atom. The van der Waals surface area contributed by atoms with E-state index in [1.807, 2.05) is 70.5 Å². The van der Waals surface area contributed by atoms with Crippen molar-refractivity contribution in [2.24, 2.45) is 0 Å². The SMILES string of the molecule is CCN1c2cc3c(cc2C(C)=CC1(C)C)C(c1cc(C(=O)NCc2ccc(CNC(=O)c4ccc(C(=O)[O-])c(-c5c6ccc(=[N+]7CCN(C(=O)CCCCC(=O)OC)CC7)cc-6oc6cc(N7CCN(C(=O)CCCCC(=O)NC)CC7)ccc56)c4)cc2)ccc1C(=O)[O-])=c1cc2c(cc1O3)=[N+](CC)C(C)(C)C=C2C. The summed E-state index contributed by atoms with van der Waals surface area (Å²) < 4.78 is 23.1. The van der Waals surface area contributed by atoms with Crippen LogP contribution in [0, 0.1) is 0 Å². The molecule has 0 atom stereocenters. The summed E-state index contributed by atoms with van der Waals surface area (Å²) >= 11 is 0. The first-order chi connectivity index (χ1) is 52.8. The number of nitrogens with zero attached hydrogens (tertiary/aromatic N) is 6. The molecule has 6 aromatic rings. The summed E-state index contributed by atoms with van der Waals surface area (Å²) in [7, 11) is 2.95. The van der Waals surface area contributed by atoms with Gasteiger partial charge in [-0.25, -0.2) is 9.15 Å². The number of carboxylic acids is 2. The van der Waals surface area contributed by atoms with E-state index in [0.717, 1.165) is 68.6 Å². The van der Waals surface area contributed by atoms with Crippen molar-refractivity contribution in [3.05, 3.63) is 205 Å². The van der Waals surface area contributed by atoms with Gasteiger partial charge in [-0.1, -0.05) is 42.5 Å². The van der Waals surface area contributed by atoms with Crippen molar-refractivity contribution in [1.29, 1.82) is 0 Å². The van der Waals surface area contributed by atoms with Gasteiger partial charge in [-0.3, -0.25) is 28.8 Å². The van der Waals surface area contributed by atoms with Crippen molar-refractivity contribution in [2.45, 2.75) is 131 Å². The van der Waals surface area contributed by atoms with Gasteiger partial charge >= 0.3 is 5.97 Å². The maximum Gasteiger partial charge on any atom is 0.305 e. The molecule has 0 aromatic heterocycles. The molecule has 13 rings (SSSR count). The smallest absolute Gasteiger partial charge is 0.305 e. The van der Waals surface area contributed by atoms with Gasteiger partial charge in [-0.15, -0.1) is 0 Å². The molecule has 22 heteroatoms. The largest absolute Gasteiger partial charge is 0.545 e. The summed E-state index contributed by atoms with van der Waals surface area (Å²) in [6.07, 6.45) is 8.17. The third-order valence-corrected chi connectivity index (χ3v) is 22.3. The molecule has 0 spiro atoms. The average Bonchev–Trinajstić information content (AvgIpc) is 0.721. The molecule has 22 nitrogen and oxygen atoms in total. The van der Waals surface area contributed by atoms with E-state index >= 15 is 0 Å². The zero-order chi connectivity index (χ0) is 78.0. The number of amides is 5. The lowest BCUT2D eigenvalue weighted by Gasteiger charge is -2.43. The quantitative estimate of drug-likeness (QED) is 0.0236. The zero-order valence-electron chi connectivity index (χ0n) is 64.3. The van der Waals surface area contributed by atoms with E-state index in [1.165, 1.54) is 31.4 Å². The third kappa shape index (κ3) is 15.7. The number of hydrogen-bond donors (Lipinski definition) is 3. The Hall–Kier alpha value is -11.7. The Labute approximate surface area is 640 Å². The third-order valence-electron chi connectivity index (χ3n) is 22.3. The van der Waals surface area contributed by atoms with Crippen LogP contribution in [0.4, 0.5) is 11.4 Å². The van der Waals surface area contributed by atoms with Crippen molar-refractivity contribution in [3.8, 4) is 33.9 Å². The number of ether oxygens (including phenoxy) is 2. The number of carbonyl (C=O) groups excluding carboxylic acids is 8. The fourth-order valence-electron chi connectivity index (χ4n) is 16.6. The number of allylic oxidation sites excluding steroid dienone is 2. The molecule has 3 N–H and O–H groups in total. The summed E-state index contributed by atoms with van der Waals surface area (Å²) in [5.41, 5.74) is 10.4. The maximum absolute atomic E-state index is 14.5. The molecule has 2 fully saturated rings. The van der Waals surface area contributed by atoms with Crippen LogP contribution in [0.1, 0.15) is 182 Å². The first-order valence-electron chi connectivity index (χ1n) is 38.2. The van der Waals surface area contributed by atoms with Gasteiger partial charge in [0.25, 0.3) is 11.8 Å². The minimum absolute atomic E-state index is 0.0227. The average molecular weight is 1490 g/mol. The van der Waals surface area contributed by atoms with Gasteiger partial charge in [-0.2, -0.15) is 0 Å². The second-order valence-electron chi connectivity index (χ2n) is 30.2. The molecule has 7 aliphatic rings. The van der Waals surface area contributed by atoms with E-state index in [0.29, 0.717) is 159 Å². The Kier molecular flexibility index (Phi) is 22.2. The Morgan fingerprint density at radius 2 is 1.18 bits per heavy atom. The fraction of sp³-hybridized carbons (Fsp3) is 0.364. The van der Waals surface area contributed by atoms with Crippen LogP contribution in [0.25, 0.3) is 50.1 Å². The summed E-state index contributed by atoms with van der Waals surface area (Å²) in [5, 5.41) is 38.4. The molecule has 5 amide bonds. The number of piperazine rings is 2. The predicted molar refractivity (Wildman–Crippen MR) is 420 cm³/mol. The lowest BCUT2D eigenvalue weighted by atomic mass is 9.83. The van der Waals surface area contributed by atoms with Gasteiger partial charge < -0.3 is 69.2 Å². The van der Waals surface area contributed by atoms with Crippen LogP contribution in [0.3, 0.4) is 0 Å². The number of likely N-dealkylation sites (N-methyl/N-ethyl adjacent to an activating group) is 2. The number of carbonyl (C=O) groups is 8. The number of fused-ring (bicyclic) bond motifs is 6. The van der Waals surface area contributed by atoms with Crippen LogP contribution in [0.2, 0.25) is 0 Å². The minimum atomic E-state index is -1.45. The number of nitrogens with one attached hydrogen (secondary N) is 3. The Balaban J connectivity index is 0.751. The monoisotopic (exact) mass is 1490 g/mol. The molecule has 0 unspecified atom stereocenters. The number of methoxy groups -OCH3 is 1. The van der Waals surface area contributed by atoms with Crippen LogP contribution >= 0.6 is 0 Å². The van der Waals surface area contributed by atoms with E-state index in [4.69, 9.17) is 13.9 Å². The normalized spacial score (nSPS) is 15.5. The Bertz CT molecular complexity index is 5320. The Morgan fingerprint density at radius 1 is 0.582 bits per heavy atom. The number of anilines is 2. The molecule has 0 radical (unpaired) electrons. The zero-order valence-corrected chi connectivity index (χ0v) is 64.3. The molecule has 2 saturated heterocycles. The number of rotatable bonds is 23. The van der Waals surface area contributed by atoms with Gasteiger partial charge in [-0.05, 0) is 161 Å². The van der Waals surface area contributed by atoms with Crippen LogP contribution in [-0.4, -0.2) is 148 Å². The first kappa shape index (κ1) is 76.5. The van der Waals surface area contributed by atoms with E-state index in [2.05, 4.69) is 127 Å². The highest BCUT2D eigenvalue weighted by molar-refractivity contribution is 6.10. The molecule has 6 aromatic carbocycles. The molecular weight excluding hydrogens is 1390 g/mol. The molecule has 0 bridgehead atoms. The number of esters is 1. The lowest BCUT2D eigenvalue weighted by molar-refractivity contribution is -0.256. The first-order valence-corrected chi connectivity index (χ1v) is 38.2. The van der Waals surface area contributed by atoms with E-state index < -0.39 is 23.8 Å². The molecule has 0 saturated carbocycles. The van der Waals surface area contributed by atoms with Crippen molar-refractivity contribution in [3.63, 3.8) is 0 Å². The molecular formula is C88H95N9O13. The van der Waals surface area contributed by atoms with Crippen LogP contribution in [0.5, 0.6) is 11.5 Å². The van der Waals surface area contributed by atoms with Gasteiger partial charge in [0.2, 0.25) is 28.4 Å². The number of hydrogen-bond acceptors (Lipinski definition) is 15. The summed E-state index contributed by atoms with van der Waals surface area (Å²) in [5.74, 6) is -2.48. The molecule has 6 heterocycles.